The second-order valence-corrected chi connectivity index (χ2v) is 5.11. The Morgan fingerprint density at radius 3 is 2.29 bits per heavy atom. The Bertz CT molecular complexity index is 439. The first-order valence-corrected chi connectivity index (χ1v) is 6.14. The fraction of sp³-hybridized carbons (Fsp3) is 0.667. The van der Waals surface area contributed by atoms with Crippen LogP contribution in [0.2, 0.25) is 0 Å². The standard InChI is InChI=1S/C7H9F3N2O.C5H11NO2/c8-7(9,10)6-4-12(5-11-6)2-1-3-13;1-5(2,3)8-4(6)7/h4-5,13H,1-3H2;1-3H3,(H2,6,7). The molecule has 1 heterocycles. The first-order valence-electron chi connectivity index (χ1n) is 6.14. The third-order valence-electron chi connectivity index (χ3n) is 1.90. The highest BCUT2D eigenvalue weighted by Crippen LogP contribution is 2.27. The van der Waals surface area contributed by atoms with E-state index in [9.17, 15) is 18.0 Å². The van der Waals surface area contributed by atoms with Gasteiger partial charge in [-0.25, -0.2) is 9.78 Å². The molecule has 0 aliphatic heterocycles. The zero-order valence-corrected chi connectivity index (χ0v) is 12.1. The van der Waals surface area contributed by atoms with Gasteiger partial charge in [-0.05, 0) is 27.2 Å². The van der Waals surface area contributed by atoms with Crippen LogP contribution in [0.1, 0.15) is 32.9 Å². The number of ether oxygens (including phenoxy) is 1. The minimum Gasteiger partial charge on any atom is -0.444 e. The number of nitrogens with two attached hydrogens (primary N) is 1. The van der Waals surface area contributed by atoms with Crippen molar-refractivity contribution in [1.82, 2.24) is 9.55 Å². The lowest BCUT2D eigenvalue weighted by atomic mass is 10.2. The van der Waals surface area contributed by atoms with Crippen LogP contribution in [0.4, 0.5) is 18.0 Å². The lowest BCUT2D eigenvalue weighted by molar-refractivity contribution is -0.140. The van der Waals surface area contributed by atoms with E-state index in [4.69, 9.17) is 10.8 Å². The van der Waals surface area contributed by atoms with Gasteiger partial charge in [-0.3, -0.25) is 0 Å². The third kappa shape index (κ3) is 9.72. The summed E-state index contributed by atoms with van der Waals surface area (Å²) >= 11 is 0. The molecular formula is C12H20F3N3O3. The van der Waals surface area contributed by atoms with Crippen molar-refractivity contribution in [3.05, 3.63) is 18.2 Å². The summed E-state index contributed by atoms with van der Waals surface area (Å²) in [5, 5.41) is 8.44. The Hall–Kier alpha value is -1.77. The maximum Gasteiger partial charge on any atom is 0.434 e. The number of imidazole rings is 1. The summed E-state index contributed by atoms with van der Waals surface area (Å²) in [7, 11) is 0. The molecule has 0 fully saturated rings. The first-order chi connectivity index (χ1) is 9.45. The highest BCUT2D eigenvalue weighted by molar-refractivity contribution is 5.65. The number of hydrogen-bond acceptors (Lipinski definition) is 4. The second-order valence-electron chi connectivity index (χ2n) is 5.11. The molecule has 9 heteroatoms. The third-order valence-corrected chi connectivity index (χ3v) is 1.90. The Balaban J connectivity index is 0.000000433. The minimum atomic E-state index is -4.38. The van der Waals surface area contributed by atoms with Crippen LogP contribution < -0.4 is 5.73 Å². The van der Waals surface area contributed by atoms with Crippen molar-refractivity contribution in [1.29, 1.82) is 0 Å². The fourth-order valence-corrected chi connectivity index (χ4v) is 1.18. The number of carbonyl (C=O) groups excluding carboxylic acids is 1. The van der Waals surface area contributed by atoms with Gasteiger partial charge in [0.25, 0.3) is 0 Å². The van der Waals surface area contributed by atoms with Crippen LogP contribution in [0, 0.1) is 0 Å². The van der Waals surface area contributed by atoms with Gasteiger partial charge in [-0.2, -0.15) is 13.2 Å². The smallest absolute Gasteiger partial charge is 0.434 e. The maximum absolute atomic E-state index is 12.0. The van der Waals surface area contributed by atoms with Crippen LogP contribution in [0.5, 0.6) is 0 Å². The van der Waals surface area contributed by atoms with Gasteiger partial charge in [0.05, 0.1) is 6.33 Å². The number of amides is 1. The highest BCUT2D eigenvalue weighted by Gasteiger charge is 2.33. The summed E-state index contributed by atoms with van der Waals surface area (Å²) in [6, 6.07) is 0. The number of hydrogen-bond donors (Lipinski definition) is 2. The van der Waals surface area contributed by atoms with Crippen molar-refractivity contribution >= 4 is 6.09 Å². The van der Waals surface area contributed by atoms with Crippen molar-refractivity contribution in [2.75, 3.05) is 6.61 Å². The topological polar surface area (TPSA) is 90.4 Å². The quantitative estimate of drug-likeness (QED) is 0.895. The van der Waals surface area contributed by atoms with Crippen LogP contribution >= 0.6 is 0 Å². The largest absolute Gasteiger partial charge is 0.444 e. The van der Waals surface area contributed by atoms with E-state index in [2.05, 4.69) is 9.72 Å². The lowest BCUT2D eigenvalue weighted by Gasteiger charge is -2.16. The number of aryl methyl sites for hydroxylation is 1. The van der Waals surface area contributed by atoms with E-state index >= 15 is 0 Å². The van der Waals surface area contributed by atoms with Gasteiger partial charge < -0.3 is 20.1 Å². The molecule has 1 aromatic rings. The zero-order chi connectivity index (χ0) is 16.7. The second kappa shape index (κ2) is 7.87. The number of primary amides is 1. The molecule has 1 amide bonds. The van der Waals surface area contributed by atoms with E-state index in [0.717, 1.165) is 12.5 Å². The maximum atomic E-state index is 12.0. The summed E-state index contributed by atoms with van der Waals surface area (Å²) in [5.74, 6) is 0. The Morgan fingerprint density at radius 1 is 1.43 bits per heavy atom. The van der Waals surface area contributed by atoms with E-state index in [1.54, 1.807) is 20.8 Å². The molecule has 0 saturated heterocycles. The van der Waals surface area contributed by atoms with E-state index in [1.165, 1.54) is 4.57 Å². The molecule has 0 saturated carbocycles. The predicted octanol–water partition coefficient (Wildman–Crippen LogP) is 2.16. The van der Waals surface area contributed by atoms with Gasteiger partial charge in [-0.15, -0.1) is 0 Å². The molecule has 0 aliphatic rings. The summed E-state index contributed by atoms with van der Waals surface area (Å²) in [6.45, 7) is 5.59. The van der Waals surface area contributed by atoms with Crippen molar-refractivity contribution in [3.63, 3.8) is 0 Å². The molecule has 0 spiro atoms. The average Bonchev–Trinajstić information content (AvgIpc) is 2.71. The number of halogens is 3. The van der Waals surface area contributed by atoms with Crippen molar-refractivity contribution in [2.45, 2.75) is 45.5 Å². The molecule has 122 valence electrons. The number of rotatable bonds is 3. The molecule has 21 heavy (non-hydrogen) atoms. The molecule has 0 bridgehead atoms. The van der Waals surface area contributed by atoms with Gasteiger partial charge in [0.2, 0.25) is 0 Å². The molecule has 1 aromatic heterocycles. The van der Waals surface area contributed by atoms with Gasteiger partial charge in [0.1, 0.15) is 5.60 Å². The SMILES string of the molecule is CC(C)(C)OC(N)=O.OCCCn1cnc(C(F)(F)F)c1. The number of aliphatic hydroxyl groups is 1. The highest BCUT2D eigenvalue weighted by atomic mass is 19.4. The van der Waals surface area contributed by atoms with Crippen LogP contribution in [-0.4, -0.2) is 33.0 Å². The zero-order valence-electron chi connectivity index (χ0n) is 12.1. The number of alkyl halides is 3. The van der Waals surface area contributed by atoms with Crippen LogP contribution in [0.3, 0.4) is 0 Å². The van der Waals surface area contributed by atoms with Crippen LogP contribution in [0.15, 0.2) is 12.5 Å². The first kappa shape index (κ1) is 19.2. The van der Waals surface area contributed by atoms with Crippen molar-refractivity contribution in [2.24, 2.45) is 5.73 Å². The number of aromatic nitrogens is 2. The average molecular weight is 311 g/mol. The molecule has 0 atom stereocenters. The van der Waals surface area contributed by atoms with E-state index in [1.807, 2.05) is 0 Å². The van der Waals surface area contributed by atoms with E-state index in [-0.39, 0.29) is 6.61 Å². The van der Waals surface area contributed by atoms with Gasteiger partial charge in [0, 0.05) is 19.3 Å². The summed E-state index contributed by atoms with van der Waals surface area (Å²) in [5.41, 5.74) is 3.37. The summed E-state index contributed by atoms with van der Waals surface area (Å²) in [4.78, 5) is 13.2. The van der Waals surface area contributed by atoms with Crippen LogP contribution in [-0.2, 0) is 17.5 Å². The minimum absolute atomic E-state index is 0.0421. The van der Waals surface area contributed by atoms with Crippen molar-refractivity contribution < 1.29 is 27.8 Å². The van der Waals surface area contributed by atoms with Crippen LogP contribution in [0.25, 0.3) is 0 Å². The normalized spacial score (nSPS) is 11.6. The molecule has 3 N–H and O–H groups in total. The fourth-order valence-electron chi connectivity index (χ4n) is 1.18. The molecule has 0 aromatic carbocycles. The van der Waals surface area contributed by atoms with E-state index < -0.39 is 23.6 Å². The van der Waals surface area contributed by atoms with Gasteiger partial charge in [0.15, 0.2) is 5.69 Å². The van der Waals surface area contributed by atoms with Crippen molar-refractivity contribution in [3.8, 4) is 0 Å². The van der Waals surface area contributed by atoms with E-state index in [0.29, 0.717) is 13.0 Å². The lowest BCUT2D eigenvalue weighted by Crippen LogP contribution is -2.27. The number of aliphatic hydroxyl groups excluding tert-OH is 1. The monoisotopic (exact) mass is 311 g/mol. The molecule has 0 radical (unpaired) electrons. The van der Waals surface area contributed by atoms with Gasteiger partial charge >= 0.3 is 12.3 Å². The summed E-state index contributed by atoms with van der Waals surface area (Å²) in [6.07, 6.45) is -2.65. The van der Waals surface area contributed by atoms with Gasteiger partial charge in [-0.1, -0.05) is 0 Å². The molecular weight excluding hydrogens is 291 g/mol. The summed E-state index contributed by atoms with van der Waals surface area (Å²) < 4.78 is 41.9. The molecule has 6 nitrogen and oxygen atoms in total. The molecule has 1 rings (SSSR count). The number of carbonyl (C=O) groups is 1. The predicted molar refractivity (Wildman–Crippen MR) is 69.4 cm³/mol. The Kier molecular flexibility index (Phi) is 7.20. The Morgan fingerprint density at radius 2 is 2.00 bits per heavy atom. The Labute approximate surface area is 120 Å². The number of nitrogens with zero attached hydrogens (tertiary/aromatic N) is 2. The molecule has 0 unspecified atom stereocenters. The molecule has 0 aliphatic carbocycles.